The Morgan fingerprint density at radius 3 is 2.48 bits per heavy atom. The van der Waals surface area contributed by atoms with Crippen LogP contribution in [0.3, 0.4) is 0 Å². The molecule has 0 aliphatic carbocycles. The number of methoxy groups -OCH3 is 1. The number of aromatic nitrogens is 2. The number of nitrogens with one attached hydrogen (secondary N) is 1. The van der Waals surface area contributed by atoms with Gasteiger partial charge in [-0.2, -0.15) is 0 Å². The van der Waals surface area contributed by atoms with E-state index >= 15 is 0 Å². The van der Waals surface area contributed by atoms with Crippen LogP contribution in [0.2, 0.25) is 0 Å². The van der Waals surface area contributed by atoms with Crippen LogP contribution in [0.1, 0.15) is 36.3 Å². The molecule has 112 valence electrons. The van der Waals surface area contributed by atoms with Gasteiger partial charge in [0.15, 0.2) is 0 Å². The van der Waals surface area contributed by atoms with Gasteiger partial charge in [-0.05, 0) is 43.9 Å². The lowest BCUT2D eigenvalue weighted by Crippen LogP contribution is -2.08. The first-order valence-electron chi connectivity index (χ1n) is 7.28. The summed E-state index contributed by atoms with van der Waals surface area (Å²) < 4.78 is 5.18. The first-order chi connectivity index (χ1) is 10.1. The zero-order valence-corrected chi connectivity index (χ0v) is 13.2. The molecule has 1 aromatic heterocycles. The molecule has 0 aliphatic heterocycles. The highest BCUT2D eigenvalue weighted by Crippen LogP contribution is 2.21. The Bertz CT molecular complexity index is 561. The molecule has 1 aromatic carbocycles. The Balaban J connectivity index is 1.87. The fraction of sp³-hybridized carbons (Fsp3) is 0.412. The summed E-state index contributed by atoms with van der Waals surface area (Å²) in [6, 6.07) is 10.3. The molecule has 21 heavy (non-hydrogen) atoms. The van der Waals surface area contributed by atoms with E-state index in [1.807, 2.05) is 32.0 Å². The maximum atomic E-state index is 5.18. The number of hydrogen-bond donors (Lipinski definition) is 1. The van der Waals surface area contributed by atoms with Gasteiger partial charge in [0.25, 0.3) is 0 Å². The van der Waals surface area contributed by atoms with Gasteiger partial charge in [0, 0.05) is 18.3 Å². The number of hydrogen-bond acceptors (Lipinski definition) is 4. The number of anilines is 1. The minimum atomic E-state index is 0.493. The van der Waals surface area contributed by atoms with E-state index in [1.54, 1.807) is 7.11 Å². The van der Waals surface area contributed by atoms with Crippen LogP contribution in [0.25, 0.3) is 0 Å². The standard InChI is InChI=1S/C17H23N3O/c1-12(15-5-7-16(21-4)8-6-15)9-10-18-17-11-13(2)19-14(3)20-17/h5-8,11-12H,9-10H2,1-4H3,(H,18,19,20). The molecule has 0 amide bonds. The van der Waals surface area contributed by atoms with Crippen LogP contribution < -0.4 is 10.1 Å². The van der Waals surface area contributed by atoms with Gasteiger partial charge >= 0.3 is 0 Å². The van der Waals surface area contributed by atoms with Crippen molar-refractivity contribution >= 4 is 5.82 Å². The SMILES string of the molecule is COc1ccc(C(C)CCNc2cc(C)nc(C)n2)cc1. The van der Waals surface area contributed by atoms with Crippen molar-refractivity contribution in [2.45, 2.75) is 33.1 Å². The molecule has 4 nitrogen and oxygen atoms in total. The third-order valence-corrected chi connectivity index (χ3v) is 3.53. The van der Waals surface area contributed by atoms with Gasteiger partial charge in [0.05, 0.1) is 7.11 Å². The second kappa shape index (κ2) is 7.07. The van der Waals surface area contributed by atoms with E-state index in [9.17, 15) is 0 Å². The van der Waals surface area contributed by atoms with Crippen molar-refractivity contribution in [3.8, 4) is 5.75 Å². The molecular formula is C17H23N3O. The molecule has 0 radical (unpaired) electrons. The van der Waals surface area contributed by atoms with Crippen LogP contribution in [-0.2, 0) is 0 Å². The van der Waals surface area contributed by atoms with E-state index in [4.69, 9.17) is 4.74 Å². The van der Waals surface area contributed by atoms with E-state index in [2.05, 4.69) is 34.3 Å². The fourth-order valence-electron chi connectivity index (χ4n) is 2.32. The molecule has 0 saturated heterocycles. The van der Waals surface area contributed by atoms with Gasteiger partial charge in [0.1, 0.15) is 17.4 Å². The smallest absolute Gasteiger partial charge is 0.129 e. The summed E-state index contributed by atoms with van der Waals surface area (Å²) in [5, 5.41) is 3.37. The summed E-state index contributed by atoms with van der Waals surface area (Å²) in [6.07, 6.45) is 1.05. The molecule has 1 N–H and O–H groups in total. The third-order valence-electron chi connectivity index (χ3n) is 3.53. The quantitative estimate of drug-likeness (QED) is 0.879. The van der Waals surface area contributed by atoms with E-state index in [0.29, 0.717) is 5.92 Å². The topological polar surface area (TPSA) is 47.0 Å². The molecule has 1 unspecified atom stereocenters. The average Bonchev–Trinajstić information content (AvgIpc) is 2.46. The molecular weight excluding hydrogens is 262 g/mol. The van der Waals surface area contributed by atoms with Crippen LogP contribution in [-0.4, -0.2) is 23.6 Å². The van der Waals surface area contributed by atoms with Crippen LogP contribution in [0.15, 0.2) is 30.3 Å². The first-order valence-corrected chi connectivity index (χ1v) is 7.28. The molecule has 0 aliphatic rings. The lowest BCUT2D eigenvalue weighted by Gasteiger charge is -2.13. The first kappa shape index (κ1) is 15.3. The van der Waals surface area contributed by atoms with Gasteiger partial charge in [0.2, 0.25) is 0 Å². The predicted molar refractivity (Wildman–Crippen MR) is 86.0 cm³/mol. The average molecular weight is 285 g/mol. The molecule has 2 rings (SSSR count). The lowest BCUT2D eigenvalue weighted by atomic mass is 9.98. The van der Waals surface area contributed by atoms with Gasteiger partial charge in [-0.3, -0.25) is 0 Å². The van der Waals surface area contributed by atoms with Gasteiger partial charge < -0.3 is 10.1 Å². The summed E-state index contributed by atoms with van der Waals surface area (Å²) in [5.74, 6) is 3.10. The highest BCUT2D eigenvalue weighted by molar-refractivity contribution is 5.35. The fourth-order valence-corrected chi connectivity index (χ4v) is 2.32. The van der Waals surface area contributed by atoms with E-state index in [-0.39, 0.29) is 0 Å². The van der Waals surface area contributed by atoms with Crippen LogP contribution in [0.4, 0.5) is 5.82 Å². The molecule has 0 fully saturated rings. The van der Waals surface area contributed by atoms with E-state index < -0.39 is 0 Å². The summed E-state index contributed by atoms with van der Waals surface area (Å²) in [5.41, 5.74) is 2.32. The largest absolute Gasteiger partial charge is 0.497 e. The van der Waals surface area contributed by atoms with E-state index in [1.165, 1.54) is 5.56 Å². The van der Waals surface area contributed by atoms with Gasteiger partial charge in [-0.25, -0.2) is 9.97 Å². The van der Waals surface area contributed by atoms with Gasteiger partial charge in [-0.15, -0.1) is 0 Å². The normalized spacial score (nSPS) is 12.0. The Morgan fingerprint density at radius 2 is 1.86 bits per heavy atom. The summed E-state index contributed by atoms with van der Waals surface area (Å²) >= 11 is 0. The monoisotopic (exact) mass is 285 g/mol. The predicted octanol–water partition coefficient (Wildman–Crippen LogP) is 3.71. The van der Waals surface area contributed by atoms with Crippen molar-refractivity contribution < 1.29 is 4.74 Å². The number of ether oxygens (including phenoxy) is 1. The Labute approximate surface area is 126 Å². The molecule has 0 spiro atoms. The van der Waals surface area contributed by atoms with Crippen molar-refractivity contribution in [3.05, 3.63) is 47.4 Å². The maximum Gasteiger partial charge on any atom is 0.129 e. The summed E-state index contributed by atoms with van der Waals surface area (Å²) in [7, 11) is 1.69. The molecule has 2 aromatic rings. The maximum absolute atomic E-state index is 5.18. The van der Waals surface area contributed by atoms with Crippen molar-refractivity contribution in [2.75, 3.05) is 19.0 Å². The Kier molecular flexibility index (Phi) is 5.14. The van der Waals surface area contributed by atoms with E-state index in [0.717, 1.165) is 36.1 Å². The van der Waals surface area contributed by atoms with Crippen LogP contribution >= 0.6 is 0 Å². The Morgan fingerprint density at radius 1 is 1.14 bits per heavy atom. The van der Waals surface area contributed by atoms with Crippen molar-refractivity contribution in [1.82, 2.24) is 9.97 Å². The molecule has 0 saturated carbocycles. The summed E-state index contributed by atoms with van der Waals surface area (Å²) in [6.45, 7) is 7.03. The van der Waals surface area contributed by atoms with Crippen molar-refractivity contribution in [2.24, 2.45) is 0 Å². The van der Waals surface area contributed by atoms with Crippen LogP contribution in [0.5, 0.6) is 5.75 Å². The minimum absolute atomic E-state index is 0.493. The Hall–Kier alpha value is -2.10. The summed E-state index contributed by atoms with van der Waals surface area (Å²) in [4.78, 5) is 8.67. The molecule has 1 atom stereocenters. The zero-order valence-electron chi connectivity index (χ0n) is 13.2. The number of nitrogens with zero attached hydrogens (tertiary/aromatic N) is 2. The van der Waals surface area contributed by atoms with Crippen molar-refractivity contribution in [1.29, 1.82) is 0 Å². The zero-order chi connectivity index (χ0) is 15.2. The highest BCUT2D eigenvalue weighted by atomic mass is 16.5. The molecule has 0 bridgehead atoms. The second-order valence-electron chi connectivity index (χ2n) is 5.33. The molecule has 1 heterocycles. The third kappa shape index (κ3) is 4.45. The van der Waals surface area contributed by atoms with Gasteiger partial charge in [-0.1, -0.05) is 19.1 Å². The number of rotatable bonds is 6. The lowest BCUT2D eigenvalue weighted by molar-refractivity contribution is 0.414. The second-order valence-corrected chi connectivity index (χ2v) is 5.33. The van der Waals surface area contributed by atoms with Crippen LogP contribution in [0, 0.1) is 13.8 Å². The molecule has 4 heteroatoms. The number of benzene rings is 1. The highest BCUT2D eigenvalue weighted by Gasteiger charge is 2.06. The number of aryl methyl sites for hydroxylation is 2. The minimum Gasteiger partial charge on any atom is -0.497 e. The van der Waals surface area contributed by atoms with Crippen molar-refractivity contribution in [3.63, 3.8) is 0 Å².